The van der Waals surface area contributed by atoms with E-state index in [4.69, 9.17) is 4.74 Å². The van der Waals surface area contributed by atoms with E-state index in [1.54, 1.807) is 12.0 Å². The number of fused-ring (bicyclic) bond motifs is 1. The number of hydrogen-bond acceptors (Lipinski definition) is 3. The molecular formula is C20H27NO4. The lowest BCUT2D eigenvalue weighted by Gasteiger charge is -2.24. The number of carbonyl (C=O) groups excluding carboxylic acids is 1. The average molecular weight is 345 g/mol. The van der Waals surface area contributed by atoms with Gasteiger partial charge < -0.3 is 14.7 Å². The summed E-state index contributed by atoms with van der Waals surface area (Å²) >= 11 is 0. The van der Waals surface area contributed by atoms with Crippen LogP contribution in [0.1, 0.15) is 38.2 Å². The lowest BCUT2D eigenvalue weighted by Crippen LogP contribution is -2.37. The molecule has 0 radical (unpaired) electrons. The van der Waals surface area contributed by atoms with E-state index in [2.05, 4.69) is 6.92 Å². The number of aliphatic carboxylic acids is 1. The molecule has 0 bridgehead atoms. The molecule has 1 aromatic carbocycles. The maximum atomic E-state index is 12.7. The normalized spacial score (nSPS) is 26.3. The number of carboxylic acid groups (broad SMARTS) is 1. The fraction of sp³-hybridized carbons (Fsp3) is 0.600. The molecule has 1 saturated heterocycles. The van der Waals surface area contributed by atoms with Crippen LogP contribution in [0.25, 0.3) is 0 Å². The van der Waals surface area contributed by atoms with Crippen LogP contribution in [0, 0.1) is 17.3 Å². The van der Waals surface area contributed by atoms with Crippen molar-refractivity contribution in [3.05, 3.63) is 29.8 Å². The summed E-state index contributed by atoms with van der Waals surface area (Å²) in [4.78, 5) is 26.2. The Balaban J connectivity index is 1.60. The van der Waals surface area contributed by atoms with Crippen molar-refractivity contribution in [2.45, 2.75) is 39.0 Å². The summed E-state index contributed by atoms with van der Waals surface area (Å²) in [5.74, 6) is 0.510. The standard InChI is InChI=1S/C20H27NO4/c1-14(10-15-6-3-4-8-17(15)25-2)11-18(22)21-12-16-7-5-9-20(16,13-21)19(23)24/h3-4,6,8,14,16H,5,7,9-13H2,1-2H3,(H,23,24)/t14?,16-,20+/m0/s1. The molecule has 1 aliphatic carbocycles. The Kier molecular flexibility index (Phi) is 5.02. The minimum atomic E-state index is -0.729. The van der Waals surface area contributed by atoms with Gasteiger partial charge in [0.1, 0.15) is 5.75 Å². The zero-order valence-electron chi connectivity index (χ0n) is 15.0. The van der Waals surface area contributed by atoms with E-state index >= 15 is 0 Å². The molecule has 2 fully saturated rings. The molecule has 1 unspecified atom stereocenters. The number of amides is 1. The Morgan fingerprint density at radius 1 is 1.40 bits per heavy atom. The Hall–Kier alpha value is -2.04. The highest BCUT2D eigenvalue weighted by Gasteiger charge is 2.55. The van der Waals surface area contributed by atoms with Gasteiger partial charge in [-0.15, -0.1) is 0 Å². The fourth-order valence-corrected chi connectivity index (χ4v) is 4.58. The lowest BCUT2D eigenvalue weighted by molar-refractivity contribution is -0.149. The van der Waals surface area contributed by atoms with E-state index in [1.165, 1.54) is 0 Å². The van der Waals surface area contributed by atoms with Gasteiger partial charge in [0.25, 0.3) is 0 Å². The summed E-state index contributed by atoms with van der Waals surface area (Å²) in [6.45, 7) is 3.05. The van der Waals surface area contributed by atoms with Gasteiger partial charge in [0, 0.05) is 19.5 Å². The number of methoxy groups -OCH3 is 1. The average Bonchev–Trinajstić information content (AvgIpc) is 3.13. The molecule has 1 N–H and O–H groups in total. The second kappa shape index (κ2) is 7.06. The summed E-state index contributed by atoms with van der Waals surface area (Å²) in [6.07, 6.45) is 3.81. The van der Waals surface area contributed by atoms with Gasteiger partial charge in [-0.25, -0.2) is 0 Å². The predicted molar refractivity (Wildman–Crippen MR) is 94.5 cm³/mol. The van der Waals surface area contributed by atoms with Crippen LogP contribution in [0.15, 0.2) is 24.3 Å². The number of rotatable bonds is 6. The maximum absolute atomic E-state index is 12.7. The van der Waals surface area contributed by atoms with Crippen LogP contribution in [0.4, 0.5) is 0 Å². The van der Waals surface area contributed by atoms with Crippen LogP contribution in [-0.4, -0.2) is 42.1 Å². The van der Waals surface area contributed by atoms with E-state index in [-0.39, 0.29) is 17.7 Å². The summed E-state index contributed by atoms with van der Waals surface area (Å²) in [5.41, 5.74) is 0.409. The number of carboxylic acids is 1. The van der Waals surface area contributed by atoms with Crippen molar-refractivity contribution < 1.29 is 19.4 Å². The van der Waals surface area contributed by atoms with Gasteiger partial charge in [0.15, 0.2) is 0 Å². The largest absolute Gasteiger partial charge is 0.496 e. The third kappa shape index (κ3) is 3.37. The SMILES string of the molecule is COc1ccccc1CC(C)CC(=O)N1C[C@@H]2CCC[C@@]2(C(=O)O)C1. The van der Waals surface area contributed by atoms with Crippen LogP contribution in [0.3, 0.4) is 0 Å². The second-order valence-corrected chi connectivity index (χ2v) is 7.65. The summed E-state index contributed by atoms with van der Waals surface area (Å²) in [6, 6.07) is 7.87. The Morgan fingerprint density at radius 3 is 2.84 bits per heavy atom. The highest BCUT2D eigenvalue weighted by Crippen LogP contribution is 2.49. The Morgan fingerprint density at radius 2 is 2.16 bits per heavy atom. The van der Waals surface area contributed by atoms with Gasteiger partial charge in [-0.05, 0) is 42.7 Å². The van der Waals surface area contributed by atoms with Crippen molar-refractivity contribution in [1.82, 2.24) is 4.90 Å². The van der Waals surface area contributed by atoms with Crippen molar-refractivity contribution in [2.75, 3.05) is 20.2 Å². The Bertz CT molecular complexity index is 659. The minimum Gasteiger partial charge on any atom is -0.496 e. The van der Waals surface area contributed by atoms with Gasteiger partial charge in [-0.1, -0.05) is 31.5 Å². The van der Waals surface area contributed by atoms with E-state index < -0.39 is 11.4 Å². The van der Waals surface area contributed by atoms with Crippen molar-refractivity contribution in [1.29, 1.82) is 0 Å². The molecule has 3 rings (SSSR count). The molecule has 2 aliphatic rings. The molecule has 1 saturated carbocycles. The summed E-state index contributed by atoms with van der Waals surface area (Å²) in [7, 11) is 1.66. The number of ether oxygens (including phenoxy) is 1. The van der Waals surface area contributed by atoms with Crippen LogP contribution in [-0.2, 0) is 16.0 Å². The van der Waals surface area contributed by atoms with Crippen molar-refractivity contribution >= 4 is 11.9 Å². The highest BCUT2D eigenvalue weighted by molar-refractivity contribution is 5.81. The van der Waals surface area contributed by atoms with Crippen molar-refractivity contribution in [3.8, 4) is 5.75 Å². The zero-order chi connectivity index (χ0) is 18.0. The van der Waals surface area contributed by atoms with E-state index in [9.17, 15) is 14.7 Å². The van der Waals surface area contributed by atoms with E-state index in [0.717, 1.165) is 30.6 Å². The van der Waals surface area contributed by atoms with Gasteiger partial charge in [0.2, 0.25) is 5.91 Å². The first kappa shape index (κ1) is 17.8. The molecule has 0 spiro atoms. The fourth-order valence-electron chi connectivity index (χ4n) is 4.58. The van der Waals surface area contributed by atoms with Gasteiger partial charge in [0.05, 0.1) is 12.5 Å². The molecular weight excluding hydrogens is 318 g/mol. The van der Waals surface area contributed by atoms with Crippen LogP contribution in [0.5, 0.6) is 5.75 Å². The molecule has 25 heavy (non-hydrogen) atoms. The number of benzene rings is 1. The second-order valence-electron chi connectivity index (χ2n) is 7.65. The minimum absolute atomic E-state index is 0.0809. The van der Waals surface area contributed by atoms with Gasteiger partial charge >= 0.3 is 5.97 Å². The Labute approximate surface area is 149 Å². The molecule has 5 heteroatoms. The van der Waals surface area contributed by atoms with Gasteiger partial charge in [-0.2, -0.15) is 0 Å². The highest BCUT2D eigenvalue weighted by atomic mass is 16.5. The number of nitrogens with zero attached hydrogens (tertiary/aromatic N) is 1. The molecule has 1 amide bonds. The molecule has 1 heterocycles. The topological polar surface area (TPSA) is 66.8 Å². The molecule has 0 aromatic heterocycles. The van der Waals surface area contributed by atoms with Crippen LogP contribution in [0.2, 0.25) is 0 Å². The molecule has 1 aromatic rings. The summed E-state index contributed by atoms with van der Waals surface area (Å²) in [5, 5.41) is 9.66. The monoisotopic (exact) mass is 345 g/mol. The third-order valence-corrected chi connectivity index (χ3v) is 5.93. The molecule has 1 aliphatic heterocycles. The molecule has 136 valence electrons. The van der Waals surface area contributed by atoms with E-state index in [0.29, 0.717) is 25.9 Å². The maximum Gasteiger partial charge on any atom is 0.311 e. The molecule has 3 atom stereocenters. The first-order valence-electron chi connectivity index (χ1n) is 9.09. The number of para-hydroxylation sites is 1. The number of likely N-dealkylation sites (tertiary alicyclic amines) is 1. The van der Waals surface area contributed by atoms with E-state index in [1.807, 2.05) is 24.3 Å². The first-order valence-corrected chi connectivity index (χ1v) is 9.09. The van der Waals surface area contributed by atoms with Crippen LogP contribution < -0.4 is 4.74 Å². The quantitative estimate of drug-likeness (QED) is 0.861. The lowest BCUT2D eigenvalue weighted by atomic mass is 9.81. The summed E-state index contributed by atoms with van der Waals surface area (Å²) < 4.78 is 5.38. The number of hydrogen-bond donors (Lipinski definition) is 1. The van der Waals surface area contributed by atoms with Crippen LogP contribution >= 0.6 is 0 Å². The number of carbonyl (C=O) groups is 2. The van der Waals surface area contributed by atoms with Gasteiger partial charge in [-0.3, -0.25) is 9.59 Å². The molecule has 5 nitrogen and oxygen atoms in total. The smallest absolute Gasteiger partial charge is 0.311 e. The van der Waals surface area contributed by atoms with Crippen molar-refractivity contribution in [3.63, 3.8) is 0 Å². The first-order chi connectivity index (χ1) is 12.0. The third-order valence-electron chi connectivity index (χ3n) is 5.93. The van der Waals surface area contributed by atoms with Crippen molar-refractivity contribution in [2.24, 2.45) is 17.3 Å². The predicted octanol–water partition coefficient (Wildman–Crippen LogP) is 2.98. The zero-order valence-corrected chi connectivity index (χ0v) is 15.0.